The number of phenolic OH excluding ortho intramolecular Hbond substituents is 1. The number of rotatable bonds is 1. The Kier molecular flexibility index (Phi) is 4.56. The molecule has 15 heavy (non-hydrogen) atoms. The van der Waals surface area contributed by atoms with E-state index < -0.39 is 5.82 Å². The first-order chi connectivity index (χ1) is 6.32. The van der Waals surface area contributed by atoms with E-state index in [2.05, 4.69) is 0 Å². The second kappa shape index (κ2) is 4.81. The summed E-state index contributed by atoms with van der Waals surface area (Å²) in [4.78, 5) is 0. The number of benzene rings is 1. The topological polar surface area (TPSA) is 46.2 Å². The molecule has 0 saturated carbocycles. The van der Waals surface area contributed by atoms with Crippen LogP contribution < -0.4 is 5.73 Å². The maximum Gasteiger partial charge on any atom is 0.165 e. The SMILES string of the molecule is CC(C)(C)[C@H](N)c1ccc(O)c(F)c1.Cl. The molecule has 0 unspecified atom stereocenters. The highest BCUT2D eigenvalue weighted by atomic mass is 35.5. The van der Waals surface area contributed by atoms with Gasteiger partial charge in [-0.25, -0.2) is 4.39 Å². The Morgan fingerprint density at radius 3 is 2.27 bits per heavy atom. The van der Waals surface area contributed by atoms with Crippen molar-refractivity contribution < 1.29 is 9.50 Å². The molecular weight excluding hydrogens is 217 g/mol. The Bertz CT molecular complexity index is 336. The molecule has 86 valence electrons. The van der Waals surface area contributed by atoms with E-state index in [1.807, 2.05) is 20.8 Å². The van der Waals surface area contributed by atoms with Crippen molar-refractivity contribution in [2.45, 2.75) is 26.8 Å². The van der Waals surface area contributed by atoms with E-state index in [0.29, 0.717) is 5.56 Å². The Hall–Kier alpha value is -0.800. The smallest absolute Gasteiger partial charge is 0.165 e. The van der Waals surface area contributed by atoms with E-state index in [4.69, 9.17) is 10.8 Å². The largest absolute Gasteiger partial charge is 0.505 e. The number of phenols is 1. The van der Waals surface area contributed by atoms with Gasteiger partial charge in [-0.3, -0.25) is 0 Å². The minimum Gasteiger partial charge on any atom is -0.505 e. The fourth-order valence-electron chi connectivity index (χ4n) is 1.22. The minimum absolute atomic E-state index is 0. The second-order valence-corrected chi connectivity index (χ2v) is 4.55. The van der Waals surface area contributed by atoms with Gasteiger partial charge in [-0.15, -0.1) is 12.4 Å². The molecule has 4 heteroatoms. The lowest BCUT2D eigenvalue weighted by molar-refractivity contribution is 0.325. The fourth-order valence-corrected chi connectivity index (χ4v) is 1.22. The predicted octanol–water partition coefficient (Wildman–Crippen LogP) is 3.00. The summed E-state index contributed by atoms with van der Waals surface area (Å²) >= 11 is 0. The van der Waals surface area contributed by atoms with E-state index in [-0.39, 0.29) is 29.6 Å². The van der Waals surface area contributed by atoms with Gasteiger partial charge in [-0.2, -0.15) is 0 Å². The van der Waals surface area contributed by atoms with Crippen LogP contribution in [0.25, 0.3) is 0 Å². The zero-order valence-corrected chi connectivity index (χ0v) is 9.94. The third-order valence-electron chi connectivity index (χ3n) is 2.26. The Morgan fingerprint density at radius 1 is 1.33 bits per heavy atom. The monoisotopic (exact) mass is 233 g/mol. The van der Waals surface area contributed by atoms with Crippen molar-refractivity contribution in [1.29, 1.82) is 0 Å². The molecule has 0 bridgehead atoms. The van der Waals surface area contributed by atoms with Crippen LogP contribution in [0.2, 0.25) is 0 Å². The zero-order valence-electron chi connectivity index (χ0n) is 9.12. The molecule has 1 rings (SSSR count). The number of hydrogen-bond donors (Lipinski definition) is 2. The first-order valence-corrected chi connectivity index (χ1v) is 4.56. The first kappa shape index (κ1) is 14.2. The van der Waals surface area contributed by atoms with Gasteiger partial charge in [0.1, 0.15) is 0 Å². The normalized spacial score (nSPS) is 13.1. The van der Waals surface area contributed by atoms with Crippen molar-refractivity contribution in [3.63, 3.8) is 0 Å². The molecule has 0 fully saturated rings. The number of aromatic hydroxyl groups is 1. The van der Waals surface area contributed by atoms with Gasteiger partial charge in [0.05, 0.1) is 0 Å². The molecular formula is C11H17ClFNO. The lowest BCUT2D eigenvalue weighted by Crippen LogP contribution is -2.26. The quantitative estimate of drug-likeness (QED) is 0.783. The average Bonchev–Trinajstić information content (AvgIpc) is 2.07. The third-order valence-corrected chi connectivity index (χ3v) is 2.26. The van der Waals surface area contributed by atoms with Gasteiger partial charge in [0, 0.05) is 6.04 Å². The lowest BCUT2D eigenvalue weighted by atomic mass is 9.83. The lowest BCUT2D eigenvalue weighted by Gasteiger charge is -2.27. The molecule has 0 aromatic heterocycles. The standard InChI is InChI=1S/C11H16FNO.ClH/c1-11(2,3)10(13)7-4-5-9(14)8(12)6-7;/h4-6,10,14H,13H2,1-3H3;1H/t10-;/m1./s1. The van der Waals surface area contributed by atoms with Crippen molar-refractivity contribution >= 4 is 12.4 Å². The number of hydrogen-bond acceptors (Lipinski definition) is 2. The van der Waals surface area contributed by atoms with E-state index >= 15 is 0 Å². The summed E-state index contributed by atoms with van der Waals surface area (Å²) in [5.74, 6) is -0.961. The maximum atomic E-state index is 13.0. The molecule has 0 amide bonds. The van der Waals surface area contributed by atoms with Crippen molar-refractivity contribution in [3.05, 3.63) is 29.6 Å². The van der Waals surface area contributed by atoms with Crippen LogP contribution in [-0.2, 0) is 0 Å². The van der Waals surface area contributed by atoms with Gasteiger partial charge in [-0.1, -0.05) is 26.8 Å². The number of halogens is 2. The van der Waals surface area contributed by atoms with Crippen LogP contribution in [0.3, 0.4) is 0 Å². The van der Waals surface area contributed by atoms with Crippen molar-refractivity contribution in [2.24, 2.45) is 11.1 Å². The van der Waals surface area contributed by atoms with Crippen LogP contribution in [-0.4, -0.2) is 5.11 Å². The summed E-state index contributed by atoms with van der Waals surface area (Å²) in [5.41, 5.74) is 6.52. The molecule has 0 aliphatic rings. The first-order valence-electron chi connectivity index (χ1n) is 4.56. The van der Waals surface area contributed by atoms with Gasteiger partial charge in [0.25, 0.3) is 0 Å². The molecule has 1 aromatic carbocycles. The summed E-state index contributed by atoms with van der Waals surface area (Å²) in [6.07, 6.45) is 0. The summed E-state index contributed by atoms with van der Waals surface area (Å²) in [5, 5.41) is 9.01. The molecule has 0 aliphatic heterocycles. The van der Waals surface area contributed by atoms with E-state index in [9.17, 15) is 4.39 Å². The van der Waals surface area contributed by atoms with Crippen LogP contribution in [0.15, 0.2) is 18.2 Å². The van der Waals surface area contributed by atoms with Gasteiger partial charge < -0.3 is 10.8 Å². The highest BCUT2D eigenvalue weighted by Crippen LogP contribution is 2.31. The predicted molar refractivity (Wildman–Crippen MR) is 61.7 cm³/mol. The van der Waals surface area contributed by atoms with E-state index in [1.165, 1.54) is 12.1 Å². The molecule has 0 spiro atoms. The minimum atomic E-state index is -0.623. The van der Waals surface area contributed by atoms with Crippen LogP contribution in [0.4, 0.5) is 4.39 Å². The van der Waals surface area contributed by atoms with Crippen molar-refractivity contribution in [2.75, 3.05) is 0 Å². The van der Waals surface area contributed by atoms with Crippen molar-refractivity contribution in [3.8, 4) is 5.75 Å². The second-order valence-electron chi connectivity index (χ2n) is 4.55. The van der Waals surface area contributed by atoms with Crippen LogP contribution in [0.5, 0.6) is 5.75 Å². The molecule has 1 aromatic rings. The van der Waals surface area contributed by atoms with Crippen LogP contribution >= 0.6 is 12.4 Å². The molecule has 2 nitrogen and oxygen atoms in total. The van der Waals surface area contributed by atoms with Crippen LogP contribution in [0, 0.1) is 11.2 Å². The van der Waals surface area contributed by atoms with E-state index in [0.717, 1.165) is 0 Å². The molecule has 1 atom stereocenters. The highest BCUT2D eigenvalue weighted by molar-refractivity contribution is 5.85. The van der Waals surface area contributed by atoms with Gasteiger partial charge >= 0.3 is 0 Å². The summed E-state index contributed by atoms with van der Waals surface area (Å²) < 4.78 is 13.0. The molecule has 0 aliphatic carbocycles. The fraction of sp³-hybridized carbons (Fsp3) is 0.455. The number of nitrogens with two attached hydrogens (primary N) is 1. The van der Waals surface area contributed by atoms with Gasteiger partial charge in [-0.05, 0) is 23.1 Å². The summed E-state index contributed by atoms with van der Waals surface area (Å²) in [6, 6.07) is 4.02. The molecule has 0 saturated heterocycles. The summed E-state index contributed by atoms with van der Waals surface area (Å²) in [7, 11) is 0. The Labute approximate surface area is 95.7 Å². The zero-order chi connectivity index (χ0) is 10.9. The molecule has 3 N–H and O–H groups in total. The van der Waals surface area contributed by atoms with Gasteiger partial charge in [0.2, 0.25) is 0 Å². The Morgan fingerprint density at radius 2 is 1.87 bits per heavy atom. The van der Waals surface area contributed by atoms with Gasteiger partial charge in [0.15, 0.2) is 11.6 Å². The Balaban J connectivity index is 0.00000196. The third kappa shape index (κ3) is 3.36. The van der Waals surface area contributed by atoms with Crippen molar-refractivity contribution in [1.82, 2.24) is 0 Å². The maximum absolute atomic E-state index is 13.0. The van der Waals surface area contributed by atoms with E-state index in [1.54, 1.807) is 6.07 Å². The highest BCUT2D eigenvalue weighted by Gasteiger charge is 2.22. The summed E-state index contributed by atoms with van der Waals surface area (Å²) in [6.45, 7) is 5.97. The molecule has 0 heterocycles. The average molecular weight is 234 g/mol. The molecule has 0 radical (unpaired) electrons. The van der Waals surface area contributed by atoms with Crippen LogP contribution in [0.1, 0.15) is 32.4 Å².